The summed E-state index contributed by atoms with van der Waals surface area (Å²) in [6.45, 7) is 0. The zero-order chi connectivity index (χ0) is 11.5. The van der Waals surface area contributed by atoms with E-state index < -0.39 is 0 Å². The van der Waals surface area contributed by atoms with E-state index in [4.69, 9.17) is 11.6 Å². The number of alkyl halides is 1. The molecule has 92 valence electrons. The molecular weight excluding hydrogens is 224 g/mol. The SMILES string of the molecule is CN(C1CC1)[C@H]1CCCC[C@@H]1NC(=O)CCl. The molecule has 4 heteroatoms. The molecule has 3 nitrogen and oxygen atoms in total. The molecule has 2 aliphatic carbocycles. The zero-order valence-electron chi connectivity index (χ0n) is 9.92. The third kappa shape index (κ3) is 2.89. The molecule has 0 aliphatic heterocycles. The Kier molecular flexibility index (Phi) is 4.09. The van der Waals surface area contributed by atoms with E-state index in [0.717, 1.165) is 12.5 Å². The maximum absolute atomic E-state index is 11.4. The third-order valence-electron chi connectivity index (χ3n) is 3.84. The van der Waals surface area contributed by atoms with Gasteiger partial charge in [0.25, 0.3) is 0 Å². The minimum absolute atomic E-state index is 0.0252. The van der Waals surface area contributed by atoms with Gasteiger partial charge in [0, 0.05) is 18.1 Å². The predicted octanol–water partition coefficient (Wildman–Crippen LogP) is 1.75. The van der Waals surface area contributed by atoms with Gasteiger partial charge in [0.05, 0.1) is 0 Å². The highest BCUT2D eigenvalue weighted by Gasteiger charge is 2.36. The Balaban J connectivity index is 1.92. The van der Waals surface area contributed by atoms with Gasteiger partial charge in [-0.25, -0.2) is 0 Å². The number of hydrogen-bond acceptors (Lipinski definition) is 2. The normalized spacial score (nSPS) is 30.4. The van der Waals surface area contributed by atoms with Gasteiger partial charge in [0.1, 0.15) is 5.88 Å². The lowest BCUT2D eigenvalue weighted by atomic mass is 9.89. The lowest BCUT2D eigenvalue weighted by Crippen LogP contribution is -2.53. The van der Waals surface area contributed by atoms with E-state index in [-0.39, 0.29) is 11.8 Å². The van der Waals surface area contributed by atoms with Gasteiger partial charge in [-0.05, 0) is 32.7 Å². The molecule has 16 heavy (non-hydrogen) atoms. The zero-order valence-corrected chi connectivity index (χ0v) is 10.7. The fraction of sp³-hybridized carbons (Fsp3) is 0.917. The van der Waals surface area contributed by atoms with Crippen molar-refractivity contribution in [2.75, 3.05) is 12.9 Å². The number of nitrogens with one attached hydrogen (secondary N) is 1. The van der Waals surface area contributed by atoms with E-state index >= 15 is 0 Å². The lowest BCUT2D eigenvalue weighted by Gasteiger charge is -2.38. The van der Waals surface area contributed by atoms with Crippen LogP contribution in [0.4, 0.5) is 0 Å². The molecule has 2 rings (SSSR count). The number of carbonyl (C=O) groups is 1. The van der Waals surface area contributed by atoms with E-state index in [1.165, 1.54) is 32.1 Å². The summed E-state index contributed by atoms with van der Waals surface area (Å²) in [4.78, 5) is 13.8. The van der Waals surface area contributed by atoms with Gasteiger partial charge in [-0.3, -0.25) is 9.69 Å². The number of hydrogen-bond donors (Lipinski definition) is 1. The van der Waals surface area contributed by atoms with E-state index in [2.05, 4.69) is 17.3 Å². The summed E-state index contributed by atoms with van der Waals surface area (Å²) in [7, 11) is 2.20. The van der Waals surface area contributed by atoms with Crippen LogP contribution in [0.15, 0.2) is 0 Å². The molecule has 0 aromatic rings. The van der Waals surface area contributed by atoms with Gasteiger partial charge < -0.3 is 5.32 Å². The van der Waals surface area contributed by atoms with Crippen LogP contribution in [0.1, 0.15) is 38.5 Å². The quantitative estimate of drug-likeness (QED) is 0.765. The van der Waals surface area contributed by atoms with Crippen LogP contribution < -0.4 is 5.32 Å². The lowest BCUT2D eigenvalue weighted by molar-refractivity contribution is -0.120. The molecular formula is C12H21ClN2O. The highest BCUT2D eigenvalue weighted by atomic mass is 35.5. The molecule has 2 saturated carbocycles. The molecule has 0 aromatic heterocycles. The Morgan fingerprint density at radius 3 is 2.62 bits per heavy atom. The number of rotatable bonds is 4. The van der Waals surface area contributed by atoms with E-state index in [1.807, 2.05) is 0 Å². The van der Waals surface area contributed by atoms with Crippen molar-refractivity contribution in [2.45, 2.75) is 56.7 Å². The molecule has 0 unspecified atom stereocenters. The number of nitrogens with zero attached hydrogens (tertiary/aromatic N) is 1. The highest BCUT2D eigenvalue weighted by Crippen LogP contribution is 2.32. The molecule has 1 amide bonds. The van der Waals surface area contributed by atoms with Gasteiger partial charge >= 0.3 is 0 Å². The first kappa shape index (κ1) is 12.2. The minimum atomic E-state index is -0.0252. The Hall–Kier alpha value is -0.280. The van der Waals surface area contributed by atoms with Gasteiger partial charge in [-0.1, -0.05) is 12.8 Å². The molecule has 0 aromatic carbocycles. The predicted molar refractivity (Wildman–Crippen MR) is 65.7 cm³/mol. The van der Waals surface area contributed by atoms with Gasteiger partial charge in [-0.15, -0.1) is 11.6 Å². The second-order valence-corrected chi connectivity index (χ2v) is 5.32. The van der Waals surface area contributed by atoms with Crippen molar-refractivity contribution in [3.8, 4) is 0 Å². The fourth-order valence-corrected chi connectivity index (χ4v) is 2.84. The van der Waals surface area contributed by atoms with Crippen LogP contribution >= 0.6 is 11.6 Å². The van der Waals surface area contributed by atoms with Crippen LogP contribution in [0.25, 0.3) is 0 Å². The standard InChI is InChI=1S/C12H21ClN2O/c1-15(9-6-7-9)11-5-3-2-4-10(11)14-12(16)8-13/h9-11H,2-8H2,1H3,(H,14,16)/t10-,11-/m0/s1. The van der Waals surface area contributed by atoms with Gasteiger partial charge in [-0.2, -0.15) is 0 Å². The molecule has 0 spiro atoms. The van der Waals surface area contributed by atoms with Crippen molar-refractivity contribution < 1.29 is 4.79 Å². The second kappa shape index (κ2) is 5.37. The number of likely N-dealkylation sites (N-methyl/N-ethyl adjacent to an activating group) is 1. The van der Waals surface area contributed by atoms with Crippen LogP contribution in [-0.2, 0) is 4.79 Å². The summed E-state index contributed by atoms with van der Waals surface area (Å²) >= 11 is 5.55. The highest BCUT2D eigenvalue weighted by molar-refractivity contribution is 6.27. The van der Waals surface area contributed by atoms with Crippen molar-refractivity contribution in [1.82, 2.24) is 10.2 Å². The molecule has 2 fully saturated rings. The third-order valence-corrected chi connectivity index (χ3v) is 4.09. The Bertz CT molecular complexity index is 255. The Labute approximate surface area is 103 Å². The monoisotopic (exact) mass is 244 g/mol. The smallest absolute Gasteiger partial charge is 0.235 e. The van der Waals surface area contributed by atoms with Crippen molar-refractivity contribution in [3.05, 3.63) is 0 Å². The second-order valence-electron chi connectivity index (χ2n) is 5.06. The summed E-state index contributed by atoms with van der Waals surface area (Å²) < 4.78 is 0. The van der Waals surface area contributed by atoms with Crippen LogP contribution in [0.2, 0.25) is 0 Å². The fourth-order valence-electron chi connectivity index (χ4n) is 2.77. The van der Waals surface area contributed by atoms with Gasteiger partial charge in [0.15, 0.2) is 0 Å². The maximum atomic E-state index is 11.4. The first-order chi connectivity index (χ1) is 7.72. The Morgan fingerprint density at radius 2 is 2.00 bits per heavy atom. The summed E-state index contributed by atoms with van der Waals surface area (Å²) in [5.41, 5.74) is 0. The molecule has 2 atom stereocenters. The number of amides is 1. The molecule has 1 N–H and O–H groups in total. The summed E-state index contributed by atoms with van der Waals surface area (Å²) in [6, 6.07) is 1.59. The van der Waals surface area contributed by atoms with Crippen LogP contribution in [-0.4, -0.2) is 41.9 Å². The minimum Gasteiger partial charge on any atom is -0.351 e. The number of carbonyl (C=O) groups excluding carboxylic acids is 1. The van der Waals surface area contributed by atoms with Crippen molar-refractivity contribution in [1.29, 1.82) is 0 Å². The average Bonchev–Trinajstić information content (AvgIpc) is 3.12. The van der Waals surface area contributed by atoms with Crippen LogP contribution in [0, 0.1) is 0 Å². The Morgan fingerprint density at radius 1 is 1.31 bits per heavy atom. The summed E-state index contributed by atoms with van der Waals surface area (Å²) in [5, 5.41) is 3.07. The van der Waals surface area contributed by atoms with E-state index in [9.17, 15) is 4.79 Å². The summed E-state index contributed by atoms with van der Waals surface area (Å²) in [6.07, 6.45) is 7.47. The summed E-state index contributed by atoms with van der Waals surface area (Å²) in [5.74, 6) is 0.0545. The first-order valence-electron chi connectivity index (χ1n) is 6.29. The van der Waals surface area contributed by atoms with Crippen molar-refractivity contribution in [2.24, 2.45) is 0 Å². The van der Waals surface area contributed by atoms with Crippen LogP contribution in [0.3, 0.4) is 0 Å². The molecule has 0 radical (unpaired) electrons. The van der Waals surface area contributed by atoms with Gasteiger partial charge in [0.2, 0.25) is 5.91 Å². The van der Waals surface area contributed by atoms with E-state index in [0.29, 0.717) is 12.1 Å². The maximum Gasteiger partial charge on any atom is 0.235 e. The molecule has 0 bridgehead atoms. The van der Waals surface area contributed by atoms with Crippen molar-refractivity contribution in [3.63, 3.8) is 0 Å². The first-order valence-corrected chi connectivity index (χ1v) is 6.83. The van der Waals surface area contributed by atoms with Crippen molar-refractivity contribution >= 4 is 17.5 Å². The molecule has 0 heterocycles. The molecule has 0 saturated heterocycles. The largest absolute Gasteiger partial charge is 0.351 e. The number of halogens is 1. The molecule has 2 aliphatic rings. The average molecular weight is 245 g/mol. The van der Waals surface area contributed by atoms with E-state index in [1.54, 1.807) is 0 Å². The topological polar surface area (TPSA) is 32.3 Å². The van der Waals surface area contributed by atoms with Crippen LogP contribution in [0.5, 0.6) is 0 Å².